The number of aryl methyl sites for hydroxylation is 1. The molecule has 24 heavy (non-hydrogen) atoms. The molecule has 0 aliphatic carbocycles. The van der Waals surface area contributed by atoms with Gasteiger partial charge in [-0.05, 0) is 42.9 Å². The van der Waals surface area contributed by atoms with Crippen LogP contribution in [-0.4, -0.2) is 26.3 Å². The molecule has 0 N–H and O–H groups in total. The fourth-order valence-corrected chi connectivity index (χ4v) is 2.19. The van der Waals surface area contributed by atoms with Crippen LogP contribution >= 0.6 is 0 Å². The van der Waals surface area contributed by atoms with Crippen LogP contribution in [0.1, 0.15) is 59.4 Å². The van der Waals surface area contributed by atoms with E-state index in [0.717, 1.165) is 30.8 Å². The van der Waals surface area contributed by atoms with E-state index in [9.17, 15) is 4.79 Å². The zero-order chi connectivity index (χ0) is 18.5. The molecule has 0 spiro atoms. The summed E-state index contributed by atoms with van der Waals surface area (Å²) >= 11 is 0. The molecule has 0 amide bonds. The zero-order valence-electron chi connectivity index (χ0n) is 16.3. The van der Waals surface area contributed by atoms with Gasteiger partial charge in [-0.15, -0.1) is 0 Å². The van der Waals surface area contributed by atoms with Gasteiger partial charge in [-0.3, -0.25) is 4.79 Å². The topological polar surface area (TPSA) is 44.8 Å². The van der Waals surface area contributed by atoms with Crippen LogP contribution in [0.25, 0.3) is 0 Å². The third-order valence-electron chi connectivity index (χ3n) is 3.70. The Bertz CT molecular complexity index is 413. The largest absolute Gasteiger partial charge is 0.497 e. The Hall–Kier alpha value is -1.71. The SMILES string of the molecule is CCCC(=O)OC(CC)C(C)C.CCc1cc(OC)cc(OC)c1. The summed E-state index contributed by atoms with van der Waals surface area (Å²) in [6, 6.07) is 5.91. The van der Waals surface area contributed by atoms with Crippen LogP contribution in [0.3, 0.4) is 0 Å². The van der Waals surface area contributed by atoms with Crippen LogP contribution in [0, 0.1) is 5.92 Å². The first-order valence-electron chi connectivity index (χ1n) is 8.83. The maximum atomic E-state index is 11.1. The molecule has 0 aromatic heterocycles. The highest BCUT2D eigenvalue weighted by Gasteiger charge is 2.15. The van der Waals surface area contributed by atoms with Gasteiger partial charge in [0.2, 0.25) is 0 Å². The summed E-state index contributed by atoms with van der Waals surface area (Å²) in [5.41, 5.74) is 1.23. The predicted molar refractivity (Wildman–Crippen MR) is 98.8 cm³/mol. The molecule has 1 aromatic rings. The fourth-order valence-electron chi connectivity index (χ4n) is 2.19. The number of methoxy groups -OCH3 is 2. The number of rotatable bonds is 8. The quantitative estimate of drug-likeness (QED) is 0.624. The molecular weight excluding hydrogens is 304 g/mol. The lowest BCUT2D eigenvalue weighted by Crippen LogP contribution is -2.22. The van der Waals surface area contributed by atoms with E-state index in [2.05, 4.69) is 20.8 Å². The van der Waals surface area contributed by atoms with Gasteiger partial charge in [0.25, 0.3) is 0 Å². The van der Waals surface area contributed by atoms with Crippen molar-refractivity contribution in [2.75, 3.05) is 14.2 Å². The van der Waals surface area contributed by atoms with Crippen molar-refractivity contribution in [3.63, 3.8) is 0 Å². The van der Waals surface area contributed by atoms with Crippen LogP contribution in [0.2, 0.25) is 0 Å². The van der Waals surface area contributed by atoms with E-state index >= 15 is 0 Å². The lowest BCUT2D eigenvalue weighted by Gasteiger charge is -2.19. The molecule has 1 unspecified atom stereocenters. The highest BCUT2D eigenvalue weighted by atomic mass is 16.5. The van der Waals surface area contributed by atoms with Crippen LogP contribution < -0.4 is 9.47 Å². The Morgan fingerprint density at radius 1 is 1.00 bits per heavy atom. The van der Waals surface area contributed by atoms with E-state index < -0.39 is 0 Å². The summed E-state index contributed by atoms with van der Waals surface area (Å²) in [5, 5.41) is 0. The summed E-state index contributed by atoms with van der Waals surface area (Å²) < 4.78 is 15.5. The normalized spacial score (nSPS) is 11.3. The molecule has 0 aliphatic heterocycles. The Kier molecular flexibility index (Phi) is 11.8. The first kappa shape index (κ1) is 22.3. The maximum absolute atomic E-state index is 11.1. The van der Waals surface area contributed by atoms with Gasteiger partial charge in [0.1, 0.15) is 17.6 Å². The fraction of sp³-hybridized carbons (Fsp3) is 0.650. The number of carbonyl (C=O) groups excluding carboxylic acids is 1. The van der Waals surface area contributed by atoms with Gasteiger partial charge in [-0.1, -0.05) is 34.6 Å². The number of hydrogen-bond donors (Lipinski definition) is 0. The molecule has 1 rings (SSSR count). The lowest BCUT2D eigenvalue weighted by atomic mass is 10.1. The average Bonchev–Trinajstić information content (AvgIpc) is 2.59. The molecular formula is C20H34O4. The van der Waals surface area contributed by atoms with Gasteiger partial charge >= 0.3 is 5.97 Å². The van der Waals surface area contributed by atoms with Gasteiger partial charge in [-0.25, -0.2) is 0 Å². The van der Waals surface area contributed by atoms with Gasteiger partial charge in [0.05, 0.1) is 14.2 Å². The Labute approximate surface area is 147 Å². The highest BCUT2D eigenvalue weighted by Crippen LogP contribution is 2.22. The van der Waals surface area contributed by atoms with E-state index in [1.165, 1.54) is 5.56 Å². The number of benzene rings is 1. The van der Waals surface area contributed by atoms with E-state index in [1.807, 2.05) is 32.0 Å². The van der Waals surface area contributed by atoms with E-state index in [-0.39, 0.29) is 12.1 Å². The Balaban J connectivity index is 0.000000441. The predicted octanol–water partition coefficient (Wildman–Crippen LogP) is 5.03. The Morgan fingerprint density at radius 3 is 1.88 bits per heavy atom. The zero-order valence-corrected chi connectivity index (χ0v) is 16.3. The summed E-state index contributed by atoms with van der Waals surface area (Å²) in [7, 11) is 3.32. The molecule has 0 bridgehead atoms. The van der Waals surface area contributed by atoms with Crippen molar-refractivity contribution >= 4 is 5.97 Å². The van der Waals surface area contributed by atoms with Gasteiger partial charge in [0, 0.05) is 12.5 Å². The van der Waals surface area contributed by atoms with Crippen LogP contribution in [-0.2, 0) is 16.0 Å². The molecule has 0 saturated carbocycles. The molecule has 0 fully saturated rings. The number of esters is 1. The molecule has 0 radical (unpaired) electrons. The molecule has 138 valence electrons. The average molecular weight is 338 g/mol. The molecule has 1 aromatic carbocycles. The number of carbonyl (C=O) groups is 1. The minimum atomic E-state index is -0.0574. The first-order chi connectivity index (χ1) is 11.4. The minimum absolute atomic E-state index is 0.0574. The van der Waals surface area contributed by atoms with Crippen LogP contribution in [0.15, 0.2) is 18.2 Å². The number of ether oxygens (including phenoxy) is 3. The summed E-state index contributed by atoms with van der Waals surface area (Å²) in [4.78, 5) is 11.1. The van der Waals surface area contributed by atoms with Crippen molar-refractivity contribution in [3.05, 3.63) is 23.8 Å². The van der Waals surface area contributed by atoms with Crippen LogP contribution in [0.5, 0.6) is 11.5 Å². The van der Waals surface area contributed by atoms with Crippen LogP contribution in [0.4, 0.5) is 0 Å². The molecule has 0 heterocycles. The smallest absolute Gasteiger partial charge is 0.306 e. The van der Waals surface area contributed by atoms with E-state index in [4.69, 9.17) is 14.2 Å². The molecule has 1 atom stereocenters. The van der Waals surface area contributed by atoms with Crippen molar-refractivity contribution < 1.29 is 19.0 Å². The summed E-state index contributed by atoms with van der Waals surface area (Å²) in [6.07, 6.45) is 3.42. The van der Waals surface area contributed by atoms with Crippen molar-refractivity contribution in [3.8, 4) is 11.5 Å². The molecule has 0 saturated heterocycles. The second kappa shape index (κ2) is 12.7. The highest BCUT2D eigenvalue weighted by molar-refractivity contribution is 5.69. The second-order valence-electron chi connectivity index (χ2n) is 6.01. The van der Waals surface area contributed by atoms with Crippen molar-refractivity contribution in [1.82, 2.24) is 0 Å². The molecule has 4 nitrogen and oxygen atoms in total. The lowest BCUT2D eigenvalue weighted by molar-refractivity contribution is -0.151. The van der Waals surface area contributed by atoms with Crippen molar-refractivity contribution in [2.24, 2.45) is 5.92 Å². The van der Waals surface area contributed by atoms with E-state index in [0.29, 0.717) is 12.3 Å². The maximum Gasteiger partial charge on any atom is 0.306 e. The second-order valence-corrected chi connectivity index (χ2v) is 6.01. The third kappa shape index (κ3) is 8.80. The Morgan fingerprint density at radius 2 is 1.54 bits per heavy atom. The molecule has 4 heteroatoms. The van der Waals surface area contributed by atoms with Gasteiger partial charge in [-0.2, -0.15) is 0 Å². The number of hydrogen-bond acceptors (Lipinski definition) is 4. The standard InChI is InChI=1S/C10H14O2.C10H20O2/c1-4-8-5-9(11-2)7-10(6-8)12-3;1-5-7-10(11)12-9(6-2)8(3)4/h5-7H,4H2,1-3H3;8-9H,5-7H2,1-4H3. The van der Waals surface area contributed by atoms with E-state index in [1.54, 1.807) is 14.2 Å². The van der Waals surface area contributed by atoms with Gasteiger partial charge in [0.15, 0.2) is 0 Å². The van der Waals surface area contributed by atoms with Crippen molar-refractivity contribution in [2.45, 2.75) is 66.4 Å². The third-order valence-corrected chi connectivity index (χ3v) is 3.70. The summed E-state index contributed by atoms with van der Waals surface area (Å²) in [6.45, 7) is 10.3. The molecule has 0 aliphatic rings. The van der Waals surface area contributed by atoms with Crippen molar-refractivity contribution in [1.29, 1.82) is 0 Å². The monoisotopic (exact) mass is 338 g/mol. The first-order valence-corrected chi connectivity index (χ1v) is 8.83. The minimum Gasteiger partial charge on any atom is -0.497 e. The van der Waals surface area contributed by atoms with Gasteiger partial charge < -0.3 is 14.2 Å². The summed E-state index contributed by atoms with van der Waals surface area (Å²) in [5.74, 6) is 2.08.